The second kappa shape index (κ2) is 4.92. The fourth-order valence-electron chi connectivity index (χ4n) is 2.20. The van der Waals surface area contributed by atoms with Crippen LogP contribution in [0.15, 0.2) is 51.7 Å². The zero-order chi connectivity index (χ0) is 15.1. The molecule has 0 aliphatic heterocycles. The summed E-state index contributed by atoms with van der Waals surface area (Å²) < 4.78 is 7.37. The minimum atomic E-state index is -0.177. The van der Waals surface area contributed by atoms with E-state index >= 15 is 0 Å². The normalized spacial score (nSPS) is 12.3. The van der Waals surface area contributed by atoms with Gasteiger partial charge in [0.15, 0.2) is 5.82 Å². The highest BCUT2D eigenvalue weighted by Crippen LogP contribution is 2.15. The highest BCUT2D eigenvalue weighted by Gasteiger charge is 2.11. The second-order valence-corrected chi connectivity index (χ2v) is 5.87. The van der Waals surface area contributed by atoms with Gasteiger partial charge in [0.25, 0.3) is 5.56 Å². The van der Waals surface area contributed by atoms with E-state index in [0.717, 1.165) is 11.3 Å². The van der Waals surface area contributed by atoms with Gasteiger partial charge >= 0.3 is 0 Å². The monoisotopic (exact) mass is 309 g/mol. The zero-order valence-electron chi connectivity index (χ0n) is 11.7. The number of hydrogen-bond donors (Lipinski definition) is 0. The van der Waals surface area contributed by atoms with Crippen molar-refractivity contribution in [3.8, 4) is 11.4 Å². The minimum Gasteiger partial charge on any atom is -0.462 e. The molecule has 0 unspecified atom stereocenters. The molecule has 1 aromatic carbocycles. The number of thiazole rings is 1. The Kier molecular flexibility index (Phi) is 2.90. The van der Waals surface area contributed by atoms with E-state index in [2.05, 4.69) is 10.1 Å². The molecule has 4 rings (SSSR count). The van der Waals surface area contributed by atoms with Crippen LogP contribution in [-0.2, 0) is 0 Å². The highest BCUT2D eigenvalue weighted by molar-refractivity contribution is 7.15. The average Bonchev–Trinajstić information content (AvgIpc) is 3.19. The van der Waals surface area contributed by atoms with Crippen LogP contribution in [0.1, 0.15) is 11.5 Å². The Bertz CT molecular complexity index is 1060. The number of nitrogens with zero attached hydrogens (tertiary/aromatic N) is 3. The lowest BCUT2D eigenvalue weighted by Gasteiger charge is -1.91. The van der Waals surface area contributed by atoms with Gasteiger partial charge in [0.2, 0.25) is 4.96 Å². The topological polar surface area (TPSA) is 60.4 Å². The van der Waals surface area contributed by atoms with Crippen molar-refractivity contribution in [3.05, 3.63) is 68.9 Å². The first kappa shape index (κ1) is 13.0. The van der Waals surface area contributed by atoms with E-state index in [1.807, 2.05) is 49.4 Å². The third-order valence-corrected chi connectivity index (χ3v) is 4.21. The van der Waals surface area contributed by atoms with Crippen LogP contribution in [0.25, 0.3) is 22.4 Å². The van der Waals surface area contributed by atoms with Crippen molar-refractivity contribution in [2.45, 2.75) is 6.92 Å². The quantitative estimate of drug-likeness (QED) is 0.570. The van der Waals surface area contributed by atoms with E-state index in [9.17, 15) is 4.79 Å². The van der Waals surface area contributed by atoms with Crippen LogP contribution in [0.2, 0.25) is 0 Å². The lowest BCUT2D eigenvalue weighted by atomic mass is 10.2. The summed E-state index contributed by atoms with van der Waals surface area (Å²) in [7, 11) is 0. The van der Waals surface area contributed by atoms with E-state index in [1.165, 1.54) is 15.9 Å². The van der Waals surface area contributed by atoms with Crippen LogP contribution in [0.4, 0.5) is 0 Å². The molecule has 6 heteroatoms. The minimum absolute atomic E-state index is 0.177. The molecule has 0 saturated heterocycles. The molecule has 5 nitrogen and oxygen atoms in total. The van der Waals surface area contributed by atoms with Gasteiger partial charge in [-0.05, 0) is 19.1 Å². The first-order chi connectivity index (χ1) is 10.7. The fraction of sp³-hybridized carbons (Fsp3) is 0.0625. The number of hydrogen-bond acceptors (Lipinski definition) is 5. The standard InChI is InChI=1S/C16H11N3O2S/c1-10-7-8-12(21-10)9-13-15(20)19-16(22-13)17-14(18-19)11-5-3-2-4-6-11/h2-9H,1H3. The van der Waals surface area contributed by atoms with Gasteiger partial charge in [-0.15, -0.1) is 5.10 Å². The third kappa shape index (κ3) is 2.14. The van der Waals surface area contributed by atoms with Gasteiger partial charge in [-0.25, -0.2) is 0 Å². The molecule has 3 heterocycles. The molecule has 0 spiro atoms. The summed E-state index contributed by atoms with van der Waals surface area (Å²) in [5, 5.41) is 4.30. The maximum atomic E-state index is 12.4. The molecular formula is C16H11N3O2S. The van der Waals surface area contributed by atoms with Gasteiger partial charge in [0.05, 0.1) is 0 Å². The van der Waals surface area contributed by atoms with Crippen LogP contribution in [-0.4, -0.2) is 14.6 Å². The summed E-state index contributed by atoms with van der Waals surface area (Å²) in [6.07, 6.45) is 1.72. The first-order valence-corrected chi connectivity index (χ1v) is 7.55. The number of rotatable bonds is 2. The third-order valence-electron chi connectivity index (χ3n) is 3.25. The Labute approximate surface area is 129 Å². The van der Waals surface area contributed by atoms with Gasteiger partial charge in [-0.2, -0.15) is 9.50 Å². The molecule has 0 saturated carbocycles. The molecule has 0 aliphatic carbocycles. The Balaban J connectivity index is 1.85. The Morgan fingerprint density at radius 3 is 2.68 bits per heavy atom. The molecule has 3 aromatic heterocycles. The average molecular weight is 309 g/mol. The van der Waals surface area contributed by atoms with Gasteiger partial charge in [-0.1, -0.05) is 41.7 Å². The van der Waals surface area contributed by atoms with Crippen LogP contribution in [0.3, 0.4) is 0 Å². The van der Waals surface area contributed by atoms with E-state index in [0.29, 0.717) is 21.1 Å². The summed E-state index contributed by atoms with van der Waals surface area (Å²) in [5.41, 5.74) is 0.716. The predicted octanol–water partition coefficient (Wildman–Crippen LogP) is 2.27. The second-order valence-electron chi connectivity index (χ2n) is 4.86. The van der Waals surface area contributed by atoms with E-state index in [4.69, 9.17) is 4.42 Å². The summed E-state index contributed by atoms with van der Waals surface area (Å²) in [4.78, 5) is 17.4. The molecule has 0 amide bonds. The molecule has 0 fully saturated rings. The van der Waals surface area contributed by atoms with Crippen LogP contribution in [0.5, 0.6) is 0 Å². The van der Waals surface area contributed by atoms with Crippen molar-refractivity contribution in [1.82, 2.24) is 14.6 Å². The fourth-order valence-corrected chi connectivity index (χ4v) is 3.09. The van der Waals surface area contributed by atoms with Crippen molar-refractivity contribution in [2.24, 2.45) is 0 Å². The van der Waals surface area contributed by atoms with Gasteiger partial charge in [-0.3, -0.25) is 4.79 Å². The largest absolute Gasteiger partial charge is 0.462 e. The Morgan fingerprint density at radius 1 is 1.18 bits per heavy atom. The van der Waals surface area contributed by atoms with Gasteiger partial charge < -0.3 is 4.42 Å². The molecule has 4 aromatic rings. The lowest BCUT2D eigenvalue weighted by molar-refractivity contribution is 0.525. The molecule has 0 aliphatic rings. The van der Waals surface area contributed by atoms with Crippen molar-refractivity contribution in [1.29, 1.82) is 0 Å². The lowest BCUT2D eigenvalue weighted by Crippen LogP contribution is -2.23. The van der Waals surface area contributed by atoms with E-state index in [-0.39, 0.29) is 5.56 Å². The molecule has 0 radical (unpaired) electrons. The van der Waals surface area contributed by atoms with Crippen molar-refractivity contribution < 1.29 is 4.42 Å². The number of benzene rings is 1. The van der Waals surface area contributed by atoms with Crippen LogP contribution in [0, 0.1) is 6.92 Å². The molecule has 0 atom stereocenters. The Hall–Kier alpha value is -2.73. The van der Waals surface area contributed by atoms with Crippen molar-refractivity contribution >= 4 is 22.4 Å². The maximum absolute atomic E-state index is 12.4. The number of aryl methyl sites for hydroxylation is 1. The smallest absolute Gasteiger partial charge is 0.291 e. The summed E-state index contributed by atoms with van der Waals surface area (Å²) in [5.74, 6) is 2.02. The van der Waals surface area contributed by atoms with Crippen LogP contribution >= 0.6 is 11.3 Å². The molecule has 0 N–H and O–H groups in total. The molecular weight excluding hydrogens is 298 g/mol. The zero-order valence-corrected chi connectivity index (χ0v) is 12.5. The molecule has 22 heavy (non-hydrogen) atoms. The SMILES string of the molecule is Cc1ccc(C=c2sc3nc(-c4ccccc4)nn3c2=O)o1. The Morgan fingerprint density at radius 2 is 2.00 bits per heavy atom. The molecule has 108 valence electrons. The number of aromatic nitrogens is 3. The first-order valence-electron chi connectivity index (χ1n) is 6.74. The van der Waals surface area contributed by atoms with E-state index < -0.39 is 0 Å². The summed E-state index contributed by atoms with van der Waals surface area (Å²) in [6.45, 7) is 1.87. The van der Waals surface area contributed by atoms with Crippen molar-refractivity contribution in [3.63, 3.8) is 0 Å². The van der Waals surface area contributed by atoms with E-state index in [1.54, 1.807) is 6.08 Å². The van der Waals surface area contributed by atoms with Gasteiger partial charge in [0.1, 0.15) is 16.1 Å². The highest BCUT2D eigenvalue weighted by atomic mass is 32.1. The van der Waals surface area contributed by atoms with Crippen LogP contribution < -0.4 is 10.1 Å². The maximum Gasteiger partial charge on any atom is 0.291 e. The predicted molar refractivity (Wildman–Crippen MR) is 84.8 cm³/mol. The summed E-state index contributed by atoms with van der Waals surface area (Å²) >= 11 is 1.30. The summed E-state index contributed by atoms with van der Waals surface area (Å²) in [6, 6.07) is 13.3. The van der Waals surface area contributed by atoms with Crippen molar-refractivity contribution in [2.75, 3.05) is 0 Å². The number of furan rings is 1. The molecule has 0 bridgehead atoms. The van der Waals surface area contributed by atoms with Gasteiger partial charge in [0, 0.05) is 11.6 Å². The number of fused-ring (bicyclic) bond motifs is 1.